The number of hydrogen-bond donors (Lipinski definition) is 2. The Morgan fingerprint density at radius 3 is 2.74 bits per heavy atom. The molecule has 8 nitrogen and oxygen atoms in total. The van der Waals surface area contributed by atoms with Gasteiger partial charge in [-0.05, 0) is 19.1 Å². The average Bonchev–Trinajstić information content (AvgIpc) is 2.83. The van der Waals surface area contributed by atoms with Gasteiger partial charge in [-0.1, -0.05) is 5.21 Å². The zero-order valence-electron chi connectivity index (χ0n) is 10.0. The molecule has 0 saturated heterocycles. The second-order valence-corrected chi connectivity index (χ2v) is 3.86. The Bertz CT molecular complexity index is 623. The maximum atomic E-state index is 11.2. The van der Waals surface area contributed by atoms with Gasteiger partial charge in [-0.25, -0.2) is 9.48 Å². The molecule has 1 atom stereocenters. The van der Waals surface area contributed by atoms with Crippen LogP contribution in [0.25, 0.3) is 11.3 Å². The Morgan fingerprint density at radius 1 is 1.47 bits per heavy atom. The maximum absolute atomic E-state index is 11.2. The molecule has 19 heavy (non-hydrogen) atoms. The van der Waals surface area contributed by atoms with Gasteiger partial charge in [0, 0.05) is 18.0 Å². The monoisotopic (exact) mass is 261 g/mol. The number of primary amides is 1. The number of carboxylic acids is 1. The molecule has 2 aromatic heterocycles. The van der Waals surface area contributed by atoms with Crippen LogP contribution in [0, 0.1) is 0 Å². The number of aromatic nitrogens is 4. The van der Waals surface area contributed by atoms with E-state index < -0.39 is 17.9 Å². The van der Waals surface area contributed by atoms with E-state index in [0.29, 0.717) is 5.56 Å². The van der Waals surface area contributed by atoms with Gasteiger partial charge in [0.05, 0.1) is 0 Å². The molecule has 0 aliphatic carbocycles. The number of carbonyl (C=O) groups is 2. The van der Waals surface area contributed by atoms with Crippen LogP contribution in [0.1, 0.15) is 23.5 Å². The predicted octanol–water partition coefficient (Wildman–Crippen LogP) is 0.0846. The van der Waals surface area contributed by atoms with Crippen molar-refractivity contribution in [2.45, 2.75) is 13.0 Å². The van der Waals surface area contributed by atoms with Crippen LogP contribution in [-0.2, 0) is 4.79 Å². The van der Waals surface area contributed by atoms with Gasteiger partial charge in [0.15, 0.2) is 5.69 Å². The summed E-state index contributed by atoms with van der Waals surface area (Å²) in [6.07, 6.45) is 3.02. The van der Waals surface area contributed by atoms with E-state index in [1.165, 1.54) is 17.8 Å². The van der Waals surface area contributed by atoms with Crippen molar-refractivity contribution in [2.24, 2.45) is 5.73 Å². The number of pyridine rings is 1. The fraction of sp³-hybridized carbons (Fsp3) is 0.182. The molecular weight excluding hydrogens is 250 g/mol. The van der Waals surface area contributed by atoms with Crippen molar-refractivity contribution in [3.8, 4) is 11.3 Å². The average molecular weight is 261 g/mol. The normalized spacial score (nSPS) is 12.1. The summed E-state index contributed by atoms with van der Waals surface area (Å²) in [6, 6.07) is 2.49. The minimum atomic E-state index is -1.23. The molecule has 1 amide bonds. The van der Waals surface area contributed by atoms with Crippen molar-refractivity contribution in [2.75, 3.05) is 0 Å². The third-order valence-corrected chi connectivity index (χ3v) is 2.61. The molecule has 0 aliphatic heterocycles. The number of rotatable bonds is 4. The smallest absolute Gasteiger partial charge is 0.358 e. The number of nitrogens with zero attached hydrogens (tertiary/aromatic N) is 4. The third-order valence-electron chi connectivity index (χ3n) is 2.61. The van der Waals surface area contributed by atoms with Crippen LogP contribution in [0.3, 0.4) is 0 Å². The second-order valence-electron chi connectivity index (χ2n) is 3.86. The summed E-state index contributed by atoms with van der Waals surface area (Å²) >= 11 is 0. The fourth-order valence-corrected chi connectivity index (χ4v) is 1.60. The zero-order chi connectivity index (χ0) is 14.0. The lowest BCUT2D eigenvalue weighted by Gasteiger charge is -2.11. The number of amides is 1. The molecule has 0 fully saturated rings. The largest absolute Gasteiger partial charge is 0.476 e. The minimum Gasteiger partial charge on any atom is -0.476 e. The molecule has 0 aromatic carbocycles. The minimum absolute atomic E-state index is 0.201. The number of carboxylic acid groups (broad SMARTS) is 1. The second kappa shape index (κ2) is 4.84. The highest BCUT2D eigenvalue weighted by Gasteiger charge is 2.25. The molecule has 3 N–H and O–H groups in total. The number of nitrogens with two attached hydrogens (primary N) is 1. The van der Waals surface area contributed by atoms with E-state index in [9.17, 15) is 9.59 Å². The Balaban J connectivity index is 2.64. The van der Waals surface area contributed by atoms with E-state index >= 15 is 0 Å². The Labute approximate surface area is 107 Å². The van der Waals surface area contributed by atoms with Crippen LogP contribution < -0.4 is 5.73 Å². The van der Waals surface area contributed by atoms with E-state index in [-0.39, 0.29) is 11.4 Å². The van der Waals surface area contributed by atoms with Crippen LogP contribution in [0.5, 0.6) is 0 Å². The standard InChI is InChI=1S/C11H11N5O3/c1-6(10(12)17)16-9(7-3-2-4-13-5-7)8(11(18)19)14-15-16/h2-6H,1H3,(H2,12,17)(H,18,19). The summed E-state index contributed by atoms with van der Waals surface area (Å²) in [5.74, 6) is -1.87. The first-order valence-corrected chi connectivity index (χ1v) is 5.40. The zero-order valence-corrected chi connectivity index (χ0v) is 10.0. The summed E-state index contributed by atoms with van der Waals surface area (Å²) in [5.41, 5.74) is 5.66. The van der Waals surface area contributed by atoms with E-state index in [4.69, 9.17) is 10.8 Å². The SMILES string of the molecule is CC(C(N)=O)n1nnc(C(=O)O)c1-c1cccnc1. The van der Waals surface area contributed by atoms with Crippen LogP contribution in [0.15, 0.2) is 24.5 Å². The van der Waals surface area contributed by atoms with E-state index in [1.807, 2.05) is 0 Å². The summed E-state index contributed by atoms with van der Waals surface area (Å²) in [4.78, 5) is 26.3. The number of carbonyl (C=O) groups excluding carboxylic acids is 1. The van der Waals surface area contributed by atoms with E-state index in [1.54, 1.807) is 18.3 Å². The molecular formula is C11H11N5O3. The molecule has 8 heteroatoms. The first-order valence-electron chi connectivity index (χ1n) is 5.40. The number of hydrogen-bond acceptors (Lipinski definition) is 5. The lowest BCUT2D eigenvalue weighted by molar-refractivity contribution is -0.120. The van der Waals surface area contributed by atoms with Crippen LogP contribution in [0.2, 0.25) is 0 Å². The van der Waals surface area contributed by atoms with E-state index in [0.717, 1.165) is 0 Å². The lowest BCUT2D eigenvalue weighted by atomic mass is 10.1. The van der Waals surface area contributed by atoms with Crippen molar-refractivity contribution in [1.82, 2.24) is 20.0 Å². The van der Waals surface area contributed by atoms with Gasteiger partial charge in [-0.2, -0.15) is 0 Å². The van der Waals surface area contributed by atoms with Gasteiger partial charge in [0.2, 0.25) is 5.91 Å². The highest BCUT2D eigenvalue weighted by atomic mass is 16.4. The molecule has 98 valence electrons. The fourth-order valence-electron chi connectivity index (χ4n) is 1.60. The quantitative estimate of drug-likeness (QED) is 0.803. The van der Waals surface area contributed by atoms with Crippen LogP contribution in [-0.4, -0.2) is 37.0 Å². The molecule has 1 unspecified atom stereocenters. The van der Waals surface area contributed by atoms with Crippen molar-refractivity contribution < 1.29 is 14.7 Å². The summed E-state index contributed by atoms with van der Waals surface area (Å²) in [6.45, 7) is 1.52. The van der Waals surface area contributed by atoms with Gasteiger partial charge in [0.25, 0.3) is 0 Å². The molecule has 0 bridgehead atoms. The first kappa shape index (κ1) is 12.7. The molecule has 0 saturated carbocycles. The van der Waals surface area contributed by atoms with E-state index in [2.05, 4.69) is 15.3 Å². The van der Waals surface area contributed by atoms with Gasteiger partial charge in [0.1, 0.15) is 11.7 Å². The molecule has 2 heterocycles. The Kier molecular flexibility index (Phi) is 3.23. The predicted molar refractivity (Wildman–Crippen MR) is 64.1 cm³/mol. The van der Waals surface area contributed by atoms with Crippen molar-refractivity contribution in [3.05, 3.63) is 30.2 Å². The molecule has 2 aromatic rings. The Morgan fingerprint density at radius 2 is 2.21 bits per heavy atom. The van der Waals surface area contributed by atoms with Crippen LogP contribution >= 0.6 is 0 Å². The summed E-state index contributed by atoms with van der Waals surface area (Å²) in [5, 5.41) is 16.4. The Hall–Kier alpha value is -2.77. The molecule has 0 aliphatic rings. The summed E-state index contributed by atoms with van der Waals surface area (Å²) < 4.78 is 1.18. The van der Waals surface area contributed by atoms with Gasteiger partial charge in [-0.3, -0.25) is 9.78 Å². The molecule has 2 rings (SSSR count). The molecule has 0 spiro atoms. The number of aromatic carboxylic acids is 1. The molecule has 0 radical (unpaired) electrons. The van der Waals surface area contributed by atoms with Crippen molar-refractivity contribution >= 4 is 11.9 Å². The van der Waals surface area contributed by atoms with Gasteiger partial charge in [-0.15, -0.1) is 5.10 Å². The van der Waals surface area contributed by atoms with Gasteiger partial charge >= 0.3 is 5.97 Å². The van der Waals surface area contributed by atoms with Crippen molar-refractivity contribution in [1.29, 1.82) is 0 Å². The van der Waals surface area contributed by atoms with Crippen LogP contribution in [0.4, 0.5) is 0 Å². The van der Waals surface area contributed by atoms with Gasteiger partial charge < -0.3 is 10.8 Å². The summed E-state index contributed by atoms with van der Waals surface area (Å²) in [7, 11) is 0. The first-order chi connectivity index (χ1) is 9.02. The highest BCUT2D eigenvalue weighted by Crippen LogP contribution is 2.24. The maximum Gasteiger partial charge on any atom is 0.358 e. The van der Waals surface area contributed by atoms with Crippen molar-refractivity contribution in [3.63, 3.8) is 0 Å². The lowest BCUT2D eigenvalue weighted by Crippen LogP contribution is -2.25. The topological polar surface area (TPSA) is 124 Å². The third kappa shape index (κ3) is 2.28. The highest BCUT2D eigenvalue weighted by molar-refractivity contribution is 5.93.